The molecule has 66 heavy (non-hydrogen) atoms. The minimum absolute atomic E-state index is 0.148. The van der Waals surface area contributed by atoms with Crippen molar-refractivity contribution >= 4 is 18.3 Å². The molecule has 12 nitrogen and oxygen atoms in total. The van der Waals surface area contributed by atoms with E-state index in [1.165, 1.54) is 21.9 Å². The summed E-state index contributed by atoms with van der Waals surface area (Å²) in [5.74, 6) is 1.85. The van der Waals surface area contributed by atoms with Crippen molar-refractivity contribution in [3.63, 3.8) is 0 Å². The number of aromatic nitrogens is 4. The Labute approximate surface area is 384 Å². The van der Waals surface area contributed by atoms with E-state index in [-0.39, 0.29) is 23.4 Å². The fraction of sp³-hybridized carbons (Fsp3) is 0.288. The van der Waals surface area contributed by atoms with Crippen LogP contribution in [0.1, 0.15) is 63.1 Å². The standard InChI is InChI=1S/C52H53BFN5O7/c1-51(2)52(3,4)66-53(65-51)43-24-20-40(59-49(61-6)56-57(5)50(59)60)32-46(43)64-41-21-17-37(18-22-41)38-27-29-58(30-28-38)45-25-19-39(31-44(45)54)42-23-26-47(62-33-35-13-9-7-10-14-35)55-48(42)63-34-36-15-11-8-12-16-36/h7-26,31-32,38H,27-30,33-34H2,1-6H3. The second kappa shape index (κ2) is 18.5. The number of hydrogen-bond acceptors (Lipinski definition) is 10. The Morgan fingerprint density at radius 3 is 2.06 bits per heavy atom. The molecule has 0 amide bonds. The van der Waals surface area contributed by atoms with Crippen molar-refractivity contribution in [2.45, 2.75) is 70.9 Å². The van der Waals surface area contributed by atoms with Crippen molar-refractivity contribution in [3.05, 3.63) is 166 Å². The lowest BCUT2D eigenvalue weighted by Crippen LogP contribution is -2.41. The second-order valence-corrected chi connectivity index (χ2v) is 17.7. The minimum Gasteiger partial charge on any atom is -0.473 e. The first-order valence-corrected chi connectivity index (χ1v) is 22.2. The lowest BCUT2D eigenvalue weighted by Gasteiger charge is -2.34. The number of piperidine rings is 1. The number of halogens is 1. The van der Waals surface area contributed by atoms with Crippen LogP contribution in [0, 0.1) is 5.82 Å². The Hall–Kier alpha value is -6.90. The summed E-state index contributed by atoms with van der Waals surface area (Å²) < 4.78 is 55.9. The molecule has 2 aliphatic rings. The van der Waals surface area contributed by atoms with Gasteiger partial charge in [0.2, 0.25) is 11.8 Å². The van der Waals surface area contributed by atoms with E-state index in [0.717, 1.165) is 24.0 Å². The van der Waals surface area contributed by atoms with Gasteiger partial charge in [-0.3, -0.25) is 0 Å². The van der Waals surface area contributed by atoms with Crippen LogP contribution in [0.2, 0.25) is 0 Å². The van der Waals surface area contributed by atoms with Gasteiger partial charge in [-0.1, -0.05) is 84.9 Å². The monoisotopic (exact) mass is 889 g/mol. The van der Waals surface area contributed by atoms with Crippen molar-refractivity contribution in [2.24, 2.45) is 7.05 Å². The summed E-state index contributed by atoms with van der Waals surface area (Å²) in [5, 5.41) is 4.21. The maximum absolute atomic E-state index is 16.1. The molecule has 4 heterocycles. The molecule has 9 rings (SSSR count). The number of ether oxygens (including phenoxy) is 4. The van der Waals surface area contributed by atoms with Gasteiger partial charge in [0, 0.05) is 43.3 Å². The van der Waals surface area contributed by atoms with Crippen LogP contribution in [-0.4, -0.2) is 57.9 Å². The molecule has 0 N–H and O–H groups in total. The fourth-order valence-electron chi connectivity index (χ4n) is 8.32. The molecule has 0 unspecified atom stereocenters. The number of nitrogens with zero attached hydrogens (tertiary/aromatic N) is 5. The highest BCUT2D eigenvalue weighted by Crippen LogP contribution is 2.39. The first-order chi connectivity index (χ1) is 31.9. The Kier molecular flexibility index (Phi) is 12.4. The second-order valence-electron chi connectivity index (χ2n) is 17.7. The predicted molar refractivity (Wildman–Crippen MR) is 253 cm³/mol. The fourth-order valence-corrected chi connectivity index (χ4v) is 8.32. The van der Waals surface area contributed by atoms with Crippen LogP contribution in [-0.2, 0) is 29.6 Å². The third kappa shape index (κ3) is 9.29. The Balaban J connectivity index is 0.886. The smallest absolute Gasteiger partial charge is 0.473 e. The molecule has 0 spiro atoms. The molecule has 0 saturated carbocycles. The first kappa shape index (κ1) is 44.3. The van der Waals surface area contributed by atoms with Crippen molar-refractivity contribution in [1.29, 1.82) is 0 Å². The molecule has 2 saturated heterocycles. The Morgan fingerprint density at radius 1 is 0.773 bits per heavy atom. The normalized spacial score (nSPS) is 15.7. The van der Waals surface area contributed by atoms with Gasteiger partial charge in [0.15, 0.2) is 0 Å². The van der Waals surface area contributed by atoms with Gasteiger partial charge in [-0.2, -0.15) is 4.98 Å². The third-order valence-electron chi connectivity index (χ3n) is 12.8. The highest BCUT2D eigenvalue weighted by molar-refractivity contribution is 6.63. The third-order valence-corrected chi connectivity index (χ3v) is 12.8. The van der Waals surface area contributed by atoms with Gasteiger partial charge < -0.3 is 33.2 Å². The molecule has 14 heteroatoms. The lowest BCUT2D eigenvalue weighted by atomic mass is 9.78. The molecule has 0 bridgehead atoms. The SMILES string of the molecule is COc1nn(C)c(=O)n1-c1ccc(B2OC(C)(C)C(C)(C)O2)c(Oc2ccc(C3CCN(c4ccc(-c5ccc(OCc6ccccc6)nc5OCc5ccccc5)cc4F)CC3)cc2)c1. The zero-order chi connectivity index (χ0) is 46.0. The van der Waals surface area contributed by atoms with Gasteiger partial charge in [-0.25, -0.2) is 18.4 Å². The van der Waals surface area contributed by atoms with Crippen LogP contribution in [0.15, 0.2) is 138 Å². The molecule has 7 aromatic rings. The van der Waals surface area contributed by atoms with Gasteiger partial charge in [0.1, 0.15) is 30.5 Å². The first-order valence-electron chi connectivity index (χ1n) is 22.2. The van der Waals surface area contributed by atoms with Crippen LogP contribution in [0.4, 0.5) is 10.1 Å². The van der Waals surface area contributed by atoms with Crippen LogP contribution in [0.3, 0.4) is 0 Å². The number of methoxy groups -OCH3 is 1. The van der Waals surface area contributed by atoms with Gasteiger partial charge >= 0.3 is 18.8 Å². The molecular formula is C52H53BFN5O7. The molecule has 338 valence electrons. The maximum Gasteiger partial charge on any atom is 0.498 e. The zero-order valence-corrected chi connectivity index (χ0v) is 38.1. The van der Waals surface area contributed by atoms with Crippen molar-refractivity contribution in [3.8, 4) is 46.1 Å². The largest absolute Gasteiger partial charge is 0.498 e. The minimum atomic E-state index is -0.706. The van der Waals surface area contributed by atoms with E-state index < -0.39 is 18.3 Å². The number of rotatable bonds is 14. The van der Waals surface area contributed by atoms with Crippen molar-refractivity contribution in [1.82, 2.24) is 19.3 Å². The molecule has 5 aromatic carbocycles. The summed E-state index contributed by atoms with van der Waals surface area (Å²) in [6.07, 6.45) is 1.70. The molecule has 2 fully saturated rings. The summed E-state index contributed by atoms with van der Waals surface area (Å²) in [5.41, 5.74) is 4.79. The maximum atomic E-state index is 16.1. The number of pyridine rings is 1. The average molecular weight is 890 g/mol. The van der Waals surface area contributed by atoms with Crippen molar-refractivity contribution in [2.75, 3.05) is 25.1 Å². The number of hydrogen-bond donors (Lipinski definition) is 0. The summed E-state index contributed by atoms with van der Waals surface area (Å²) in [6, 6.07) is 42.4. The van der Waals surface area contributed by atoms with E-state index in [1.807, 2.05) is 125 Å². The van der Waals surface area contributed by atoms with Gasteiger partial charge in [0.25, 0.3) is 0 Å². The molecular weight excluding hydrogens is 836 g/mol. The van der Waals surface area contributed by atoms with Crippen LogP contribution in [0.5, 0.6) is 29.3 Å². The molecule has 0 radical (unpaired) electrons. The molecule has 2 aromatic heterocycles. The highest BCUT2D eigenvalue weighted by atomic mass is 19.1. The lowest BCUT2D eigenvalue weighted by molar-refractivity contribution is 0.00578. The quantitative estimate of drug-likeness (QED) is 0.0980. The summed E-state index contributed by atoms with van der Waals surface area (Å²) in [4.78, 5) is 19.9. The number of benzene rings is 5. The van der Waals surface area contributed by atoms with E-state index >= 15 is 4.39 Å². The van der Waals surface area contributed by atoms with Crippen LogP contribution >= 0.6 is 0 Å². The summed E-state index contributed by atoms with van der Waals surface area (Å²) in [7, 11) is 2.33. The van der Waals surface area contributed by atoms with E-state index in [9.17, 15) is 4.79 Å². The van der Waals surface area contributed by atoms with Crippen LogP contribution in [0.25, 0.3) is 16.8 Å². The van der Waals surface area contributed by atoms with Crippen molar-refractivity contribution < 1.29 is 32.6 Å². The van der Waals surface area contributed by atoms with Crippen LogP contribution < -0.4 is 35.0 Å². The zero-order valence-electron chi connectivity index (χ0n) is 38.1. The Bertz CT molecular complexity index is 2850. The molecule has 0 aliphatic carbocycles. The van der Waals surface area contributed by atoms with Gasteiger partial charge in [0.05, 0.1) is 29.7 Å². The predicted octanol–water partition coefficient (Wildman–Crippen LogP) is 9.41. The topological polar surface area (TPSA) is 111 Å². The summed E-state index contributed by atoms with van der Waals surface area (Å²) >= 11 is 0. The molecule has 2 aliphatic heterocycles. The van der Waals surface area contributed by atoms with E-state index in [2.05, 4.69) is 22.1 Å². The number of anilines is 1. The van der Waals surface area contributed by atoms with E-state index in [1.54, 1.807) is 31.3 Å². The van der Waals surface area contributed by atoms with Gasteiger partial charge in [-0.05, 0) is 105 Å². The summed E-state index contributed by atoms with van der Waals surface area (Å²) in [6.45, 7) is 10.1. The van der Waals surface area contributed by atoms with E-state index in [0.29, 0.717) is 77.5 Å². The highest BCUT2D eigenvalue weighted by Gasteiger charge is 2.52. The van der Waals surface area contributed by atoms with E-state index in [4.69, 9.17) is 33.2 Å². The van der Waals surface area contributed by atoms with Gasteiger partial charge in [-0.15, -0.1) is 5.10 Å². The Morgan fingerprint density at radius 2 is 1.42 bits per heavy atom. The molecule has 0 atom stereocenters. The number of aryl methyl sites for hydroxylation is 1. The average Bonchev–Trinajstić information content (AvgIpc) is 3.75.